The second kappa shape index (κ2) is 7.82. The van der Waals surface area contributed by atoms with E-state index in [9.17, 15) is 19.8 Å². The average Bonchev–Trinajstić information content (AvgIpc) is 2.93. The fourth-order valence-electron chi connectivity index (χ4n) is 7.24. The molecular weight excluding hydrogens is 411 g/mol. The van der Waals surface area contributed by atoms with E-state index in [1.54, 1.807) is 39.8 Å². The number of fused-ring (bicyclic) bond motifs is 1. The molecular formula is C26H37FO5. The molecule has 0 aromatic carbocycles. The smallest absolute Gasteiger partial charge is 0.349 e. The Labute approximate surface area is 190 Å². The van der Waals surface area contributed by atoms with Crippen LogP contribution in [0.15, 0.2) is 36.0 Å². The highest BCUT2D eigenvalue weighted by molar-refractivity contribution is 5.84. The molecule has 32 heavy (non-hydrogen) atoms. The Morgan fingerprint density at radius 3 is 2.44 bits per heavy atom. The van der Waals surface area contributed by atoms with Gasteiger partial charge in [-0.25, -0.2) is 9.18 Å². The van der Waals surface area contributed by atoms with Crippen LogP contribution in [0.4, 0.5) is 4.39 Å². The lowest BCUT2D eigenvalue weighted by molar-refractivity contribution is -0.230. The molecule has 0 amide bonds. The summed E-state index contributed by atoms with van der Waals surface area (Å²) in [7, 11) is 0. The molecule has 0 saturated heterocycles. The quantitative estimate of drug-likeness (QED) is 0.578. The highest BCUT2D eigenvalue weighted by Gasteiger charge is 2.76. The lowest BCUT2D eigenvalue weighted by atomic mass is 9.47. The minimum atomic E-state index is -2.01. The van der Waals surface area contributed by atoms with E-state index < -0.39 is 52.0 Å². The van der Waals surface area contributed by atoms with Crippen molar-refractivity contribution < 1.29 is 28.9 Å². The van der Waals surface area contributed by atoms with Gasteiger partial charge in [0, 0.05) is 23.2 Å². The maximum absolute atomic E-state index is 17.4. The summed E-state index contributed by atoms with van der Waals surface area (Å²) < 4.78 is 23.1. The van der Waals surface area contributed by atoms with Crippen LogP contribution in [0.1, 0.15) is 67.2 Å². The Hall–Kier alpha value is -1.95. The van der Waals surface area contributed by atoms with Gasteiger partial charge in [-0.05, 0) is 50.5 Å². The molecule has 3 rings (SSSR count). The number of carboxylic acids is 1. The number of carboxylic acid groups (broad SMARTS) is 1. The molecule has 0 aliphatic heterocycles. The van der Waals surface area contributed by atoms with Crippen LogP contribution in [0.3, 0.4) is 0 Å². The summed E-state index contributed by atoms with van der Waals surface area (Å²) in [4.78, 5) is 25.0. The van der Waals surface area contributed by atoms with Crippen LogP contribution in [0, 0.1) is 28.6 Å². The molecule has 2 saturated carbocycles. The SMILES string of the molecule is C=C1C=C[C@](C)([C@]2(F)C(CC)[C@@H]3C[C@@H](C)[C@](OC(=O)CC)(C(=O)O)[C@@]3(C)C[C@@H]2O)C(C)=C1. The second-order valence-corrected chi connectivity index (χ2v) is 10.5. The summed E-state index contributed by atoms with van der Waals surface area (Å²) in [5.41, 5.74) is -4.42. The van der Waals surface area contributed by atoms with Gasteiger partial charge in [0.2, 0.25) is 5.60 Å². The third-order valence-electron chi connectivity index (χ3n) is 9.06. The van der Waals surface area contributed by atoms with Crippen molar-refractivity contribution in [2.24, 2.45) is 28.6 Å². The highest BCUT2D eigenvalue weighted by atomic mass is 19.1. The lowest BCUT2D eigenvalue weighted by Crippen LogP contribution is -2.68. The summed E-state index contributed by atoms with van der Waals surface area (Å²) in [6.07, 6.45) is 4.77. The van der Waals surface area contributed by atoms with Gasteiger partial charge in [0.15, 0.2) is 5.67 Å². The summed E-state index contributed by atoms with van der Waals surface area (Å²) in [5.74, 6) is -3.33. The first-order valence-corrected chi connectivity index (χ1v) is 11.6. The van der Waals surface area contributed by atoms with Gasteiger partial charge < -0.3 is 14.9 Å². The van der Waals surface area contributed by atoms with Crippen LogP contribution in [0.25, 0.3) is 0 Å². The number of hydrogen-bond donors (Lipinski definition) is 2. The van der Waals surface area contributed by atoms with Crippen molar-refractivity contribution in [2.75, 3.05) is 0 Å². The van der Waals surface area contributed by atoms with E-state index in [-0.39, 0.29) is 18.8 Å². The number of esters is 1. The van der Waals surface area contributed by atoms with Gasteiger partial charge in [-0.2, -0.15) is 0 Å². The normalized spacial score (nSPS) is 45.9. The van der Waals surface area contributed by atoms with E-state index in [0.717, 1.165) is 11.1 Å². The molecule has 0 aromatic heterocycles. The maximum atomic E-state index is 17.4. The number of alkyl halides is 1. The number of carbonyl (C=O) groups is 2. The van der Waals surface area contributed by atoms with Crippen LogP contribution < -0.4 is 0 Å². The fourth-order valence-corrected chi connectivity index (χ4v) is 7.24. The number of aliphatic hydroxyl groups excluding tert-OH is 1. The Morgan fingerprint density at radius 1 is 1.31 bits per heavy atom. The summed E-state index contributed by atoms with van der Waals surface area (Å²) in [6, 6.07) is 0. The topological polar surface area (TPSA) is 83.8 Å². The van der Waals surface area contributed by atoms with Crippen molar-refractivity contribution in [1.29, 1.82) is 0 Å². The Morgan fingerprint density at radius 2 is 1.94 bits per heavy atom. The molecule has 2 N–H and O–H groups in total. The predicted octanol–water partition coefficient (Wildman–Crippen LogP) is 5.00. The first-order valence-electron chi connectivity index (χ1n) is 11.6. The van der Waals surface area contributed by atoms with Crippen LogP contribution in [0.5, 0.6) is 0 Å². The van der Waals surface area contributed by atoms with Crippen molar-refractivity contribution in [2.45, 2.75) is 84.6 Å². The molecule has 0 aromatic rings. The monoisotopic (exact) mass is 448 g/mol. The van der Waals surface area contributed by atoms with E-state index in [0.29, 0.717) is 12.8 Å². The highest BCUT2D eigenvalue weighted by Crippen LogP contribution is 2.69. The summed E-state index contributed by atoms with van der Waals surface area (Å²) in [6.45, 7) is 14.6. The third kappa shape index (κ3) is 2.91. The molecule has 1 unspecified atom stereocenters. The largest absolute Gasteiger partial charge is 0.478 e. The number of hydrogen-bond acceptors (Lipinski definition) is 4. The average molecular weight is 449 g/mol. The Kier molecular flexibility index (Phi) is 6.04. The van der Waals surface area contributed by atoms with E-state index in [1.807, 2.05) is 19.9 Å². The molecule has 5 nitrogen and oxygen atoms in total. The lowest BCUT2D eigenvalue weighted by Gasteiger charge is -2.60. The predicted molar refractivity (Wildman–Crippen MR) is 121 cm³/mol. The van der Waals surface area contributed by atoms with Crippen LogP contribution in [0.2, 0.25) is 0 Å². The standard InChI is InChI=1S/C26H37FO5/c1-8-18-19-13-17(5)26(22(30)31,32-21(29)9-2)24(19,7)14-20(28)25(18,27)23(6)11-10-15(3)12-16(23)4/h10-12,17-20,28H,3,8-9,13-14H2,1-2,4-7H3,(H,30,31)/t17-,18?,19+,20+,23+,24+,25+,26+/m1/s1. The minimum Gasteiger partial charge on any atom is -0.478 e. The molecule has 178 valence electrons. The first-order chi connectivity index (χ1) is 14.8. The zero-order chi connectivity index (χ0) is 24.3. The number of aliphatic hydroxyl groups is 1. The first kappa shape index (κ1) is 24.7. The molecule has 3 aliphatic carbocycles. The molecule has 0 heterocycles. The Bertz CT molecular complexity index is 893. The van der Waals surface area contributed by atoms with E-state index in [1.165, 1.54) is 0 Å². The molecule has 0 spiro atoms. The van der Waals surface area contributed by atoms with E-state index in [4.69, 9.17) is 4.74 Å². The van der Waals surface area contributed by atoms with Crippen molar-refractivity contribution >= 4 is 11.9 Å². The molecule has 0 radical (unpaired) electrons. The van der Waals surface area contributed by atoms with E-state index >= 15 is 4.39 Å². The van der Waals surface area contributed by atoms with Gasteiger partial charge in [-0.1, -0.05) is 58.1 Å². The van der Waals surface area contributed by atoms with Crippen LogP contribution in [-0.4, -0.2) is 39.5 Å². The third-order valence-corrected chi connectivity index (χ3v) is 9.06. The fraction of sp³-hybridized carbons (Fsp3) is 0.692. The zero-order valence-corrected chi connectivity index (χ0v) is 20.1. The summed E-state index contributed by atoms with van der Waals surface area (Å²) in [5, 5.41) is 21.8. The second-order valence-electron chi connectivity index (χ2n) is 10.5. The Balaban J connectivity index is 2.18. The number of ether oxygens (including phenoxy) is 1. The number of rotatable bonds is 5. The molecule has 0 bridgehead atoms. The van der Waals surface area contributed by atoms with E-state index in [2.05, 4.69) is 6.58 Å². The molecule has 8 atom stereocenters. The van der Waals surface area contributed by atoms with Gasteiger partial charge >= 0.3 is 11.9 Å². The van der Waals surface area contributed by atoms with Gasteiger partial charge in [0.05, 0.1) is 6.10 Å². The van der Waals surface area contributed by atoms with Crippen molar-refractivity contribution in [3.8, 4) is 0 Å². The molecule has 3 aliphatic rings. The van der Waals surface area contributed by atoms with Crippen molar-refractivity contribution in [3.63, 3.8) is 0 Å². The van der Waals surface area contributed by atoms with Crippen molar-refractivity contribution in [3.05, 3.63) is 36.0 Å². The number of carbonyl (C=O) groups excluding carboxylic acids is 1. The van der Waals surface area contributed by atoms with Gasteiger partial charge in [-0.3, -0.25) is 4.79 Å². The zero-order valence-electron chi connectivity index (χ0n) is 20.1. The molecule has 2 fully saturated rings. The van der Waals surface area contributed by atoms with Crippen LogP contribution >= 0.6 is 0 Å². The van der Waals surface area contributed by atoms with Gasteiger partial charge in [0.1, 0.15) is 0 Å². The van der Waals surface area contributed by atoms with Gasteiger partial charge in [-0.15, -0.1) is 0 Å². The van der Waals surface area contributed by atoms with Gasteiger partial charge in [0.25, 0.3) is 0 Å². The van der Waals surface area contributed by atoms with Crippen LogP contribution in [-0.2, 0) is 14.3 Å². The summed E-state index contributed by atoms with van der Waals surface area (Å²) >= 11 is 0. The number of aliphatic carboxylic acids is 1. The molecule has 6 heteroatoms. The number of halogens is 1. The van der Waals surface area contributed by atoms with Crippen molar-refractivity contribution in [1.82, 2.24) is 0 Å². The number of allylic oxidation sites excluding steroid dienone is 5. The maximum Gasteiger partial charge on any atom is 0.349 e. The minimum absolute atomic E-state index is 0.0477.